The fourth-order valence-electron chi connectivity index (χ4n) is 2.95. The Labute approximate surface area is 162 Å². The fourth-order valence-corrected chi connectivity index (χ4v) is 3.10. The highest BCUT2D eigenvalue weighted by Crippen LogP contribution is 2.25. The summed E-state index contributed by atoms with van der Waals surface area (Å²) in [4.78, 5) is 12.4. The maximum absolute atomic E-state index is 5.90. The van der Waals surface area contributed by atoms with Crippen LogP contribution in [0.1, 0.15) is 11.1 Å². The van der Waals surface area contributed by atoms with Gasteiger partial charge in [0.15, 0.2) is 0 Å². The van der Waals surface area contributed by atoms with E-state index in [2.05, 4.69) is 67.3 Å². The van der Waals surface area contributed by atoms with Crippen molar-refractivity contribution in [3.63, 3.8) is 0 Å². The number of nitrogens with zero attached hydrogens (tertiary/aromatic N) is 4. The summed E-state index contributed by atoms with van der Waals surface area (Å²) in [5.74, 6) is 0.660. The number of nitrogens with one attached hydrogen (secondary N) is 1. The summed E-state index contributed by atoms with van der Waals surface area (Å²) in [5, 5.41) is 3.66. The van der Waals surface area contributed by atoms with Gasteiger partial charge in [-0.1, -0.05) is 60.1 Å². The summed E-state index contributed by atoms with van der Waals surface area (Å²) >= 11 is 5.90. The van der Waals surface area contributed by atoms with E-state index in [1.807, 2.05) is 18.6 Å². The molecule has 0 atom stereocenters. The first-order chi connectivity index (χ1) is 13.3. The number of anilines is 1. The standard InChI is InChI=1S/C21H18ClN5/c22-20-12-24-13-21(26-20)25-11-18-3-1-2-4-19(18)17-7-5-16(6-8-17)14-27-10-9-23-15-27/h1-10,12-13,15H,11,14H2,(H,25,26). The Morgan fingerprint density at radius 1 is 0.963 bits per heavy atom. The van der Waals surface area contributed by atoms with Gasteiger partial charge >= 0.3 is 0 Å². The van der Waals surface area contributed by atoms with E-state index >= 15 is 0 Å². The summed E-state index contributed by atoms with van der Waals surface area (Å²) < 4.78 is 2.05. The Hall–Kier alpha value is -3.18. The van der Waals surface area contributed by atoms with Gasteiger partial charge in [-0.15, -0.1) is 0 Å². The average Bonchev–Trinajstić information content (AvgIpc) is 3.20. The molecule has 134 valence electrons. The van der Waals surface area contributed by atoms with Crippen molar-refractivity contribution in [3.05, 3.63) is 95.9 Å². The van der Waals surface area contributed by atoms with E-state index < -0.39 is 0 Å². The van der Waals surface area contributed by atoms with Crippen molar-refractivity contribution in [1.29, 1.82) is 0 Å². The molecule has 2 aromatic carbocycles. The third-order valence-corrected chi connectivity index (χ3v) is 4.45. The van der Waals surface area contributed by atoms with E-state index in [9.17, 15) is 0 Å². The molecule has 2 heterocycles. The molecule has 0 saturated carbocycles. The number of aromatic nitrogens is 4. The number of rotatable bonds is 6. The van der Waals surface area contributed by atoms with Crippen molar-refractivity contribution in [2.45, 2.75) is 13.1 Å². The van der Waals surface area contributed by atoms with Crippen LogP contribution in [0.4, 0.5) is 5.82 Å². The predicted molar refractivity (Wildman–Crippen MR) is 108 cm³/mol. The lowest BCUT2D eigenvalue weighted by Crippen LogP contribution is -2.03. The molecule has 0 fully saturated rings. The quantitative estimate of drug-likeness (QED) is 0.532. The molecule has 27 heavy (non-hydrogen) atoms. The Morgan fingerprint density at radius 2 is 1.81 bits per heavy atom. The molecular formula is C21H18ClN5. The second-order valence-corrected chi connectivity index (χ2v) is 6.56. The first-order valence-electron chi connectivity index (χ1n) is 8.62. The highest BCUT2D eigenvalue weighted by molar-refractivity contribution is 6.29. The zero-order chi connectivity index (χ0) is 18.5. The molecule has 1 N–H and O–H groups in total. The number of hydrogen-bond donors (Lipinski definition) is 1. The first-order valence-corrected chi connectivity index (χ1v) is 9.00. The maximum Gasteiger partial charge on any atom is 0.149 e. The lowest BCUT2D eigenvalue weighted by molar-refractivity contribution is 0.797. The molecule has 4 aromatic rings. The molecule has 6 heteroatoms. The molecule has 0 aliphatic rings. The van der Waals surface area contributed by atoms with Gasteiger partial charge < -0.3 is 9.88 Å². The van der Waals surface area contributed by atoms with Gasteiger partial charge in [-0.2, -0.15) is 0 Å². The second-order valence-electron chi connectivity index (χ2n) is 6.17. The van der Waals surface area contributed by atoms with Crippen LogP contribution in [0.5, 0.6) is 0 Å². The van der Waals surface area contributed by atoms with Crippen LogP contribution in [-0.4, -0.2) is 19.5 Å². The molecule has 0 spiro atoms. The van der Waals surface area contributed by atoms with E-state index in [0.717, 1.165) is 6.54 Å². The van der Waals surface area contributed by atoms with Crippen LogP contribution in [0.15, 0.2) is 79.6 Å². The van der Waals surface area contributed by atoms with Gasteiger partial charge in [0.2, 0.25) is 0 Å². The Balaban J connectivity index is 1.51. The lowest BCUT2D eigenvalue weighted by Gasteiger charge is -2.12. The Bertz CT molecular complexity index is 1010. The van der Waals surface area contributed by atoms with Crippen LogP contribution in [-0.2, 0) is 13.1 Å². The van der Waals surface area contributed by atoms with Crippen LogP contribution in [0.3, 0.4) is 0 Å². The summed E-state index contributed by atoms with van der Waals surface area (Å²) in [5.41, 5.74) is 4.79. The molecule has 5 nitrogen and oxygen atoms in total. The van der Waals surface area contributed by atoms with E-state index in [1.54, 1.807) is 12.4 Å². The van der Waals surface area contributed by atoms with Crippen LogP contribution in [0.25, 0.3) is 11.1 Å². The summed E-state index contributed by atoms with van der Waals surface area (Å²) in [6.07, 6.45) is 8.77. The minimum Gasteiger partial charge on any atom is -0.365 e. The molecule has 0 bridgehead atoms. The van der Waals surface area contributed by atoms with E-state index in [1.165, 1.54) is 28.5 Å². The second kappa shape index (κ2) is 8.01. The van der Waals surface area contributed by atoms with Crippen molar-refractivity contribution in [3.8, 4) is 11.1 Å². The molecular weight excluding hydrogens is 358 g/mol. The summed E-state index contributed by atoms with van der Waals surface area (Å²) in [6, 6.07) is 17.0. The normalized spacial score (nSPS) is 10.7. The van der Waals surface area contributed by atoms with Crippen LogP contribution in [0, 0.1) is 0 Å². The monoisotopic (exact) mass is 375 g/mol. The SMILES string of the molecule is Clc1cncc(NCc2ccccc2-c2ccc(Cn3ccnc3)cc2)n1. The molecule has 0 radical (unpaired) electrons. The lowest BCUT2D eigenvalue weighted by atomic mass is 9.98. The van der Waals surface area contributed by atoms with Gasteiger partial charge in [0.1, 0.15) is 11.0 Å². The van der Waals surface area contributed by atoms with Crippen molar-refractivity contribution in [1.82, 2.24) is 19.5 Å². The maximum atomic E-state index is 5.90. The molecule has 0 unspecified atom stereocenters. The smallest absolute Gasteiger partial charge is 0.149 e. The average molecular weight is 376 g/mol. The topological polar surface area (TPSA) is 55.6 Å². The van der Waals surface area contributed by atoms with Crippen molar-refractivity contribution < 1.29 is 0 Å². The molecule has 0 saturated heterocycles. The summed E-state index contributed by atoms with van der Waals surface area (Å²) in [6.45, 7) is 1.46. The van der Waals surface area contributed by atoms with Crippen LogP contribution in [0.2, 0.25) is 5.15 Å². The molecule has 4 rings (SSSR count). The minimum absolute atomic E-state index is 0.377. The number of benzene rings is 2. The van der Waals surface area contributed by atoms with Gasteiger partial charge in [-0.25, -0.2) is 9.97 Å². The molecule has 0 aliphatic heterocycles. The first kappa shape index (κ1) is 17.2. The molecule has 2 aromatic heterocycles. The summed E-state index contributed by atoms with van der Waals surface area (Å²) in [7, 11) is 0. The fraction of sp³-hybridized carbons (Fsp3) is 0.0952. The van der Waals surface area contributed by atoms with E-state index in [0.29, 0.717) is 17.5 Å². The van der Waals surface area contributed by atoms with Gasteiger partial charge in [-0.3, -0.25) is 4.98 Å². The largest absolute Gasteiger partial charge is 0.365 e. The number of hydrogen-bond acceptors (Lipinski definition) is 4. The van der Waals surface area contributed by atoms with Crippen molar-refractivity contribution in [2.75, 3.05) is 5.32 Å². The Morgan fingerprint density at radius 3 is 2.59 bits per heavy atom. The number of halogens is 1. The van der Waals surface area contributed by atoms with Crippen molar-refractivity contribution >= 4 is 17.4 Å². The zero-order valence-corrected chi connectivity index (χ0v) is 15.3. The molecule has 0 amide bonds. The van der Waals surface area contributed by atoms with E-state index in [4.69, 9.17) is 11.6 Å². The highest BCUT2D eigenvalue weighted by Gasteiger charge is 2.06. The van der Waals surface area contributed by atoms with Gasteiger partial charge in [0.25, 0.3) is 0 Å². The third kappa shape index (κ3) is 4.33. The third-order valence-electron chi connectivity index (χ3n) is 4.27. The Kier molecular flexibility index (Phi) is 5.12. The zero-order valence-electron chi connectivity index (χ0n) is 14.6. The number of imidazole rings is 1. The highest BCUT2D eigenvalue weighted by atomic mass is 35.5. The van der Waals surface area contributed by atoms with Crippen LogP contribution >= 0.6 is 11.6 Å². The van der Waals surface area contributed by atoms with E-state index in [-0.39, 0.29) is 0 Å². The molecule has 0 aliphatic carbocycles. The van der Waals surface area contributed by atoms with Gasteiger partial charge in [0.05, 0.1) is 18.7 Å². The predicted octanol–water partition coefficient (Wildman–Crippen LogP) is 4.65. The van der Waals surface area contributed by atoms with Gasteiger partial charge in [-0.05, 0) is 22.3 Å². The van der Waals surface area contributed by atoms with Gasteiger partial charge in [0, 0.05) is 25.5 Å². The minimum atomic E-state index is 0.377. The van der Waals surface area contributed by atoms with Crippen molar-refractivity contribution in [2.24, 2.45) is 0 Å². The van der Waals surface area contributed by atoms with Crippen LogP contribution < -0.4 is 5.32 Å².